The summed E-state index contributed by atoms with van der Waals surface area (Å²) in [5.41, 5.74) is 2.20. The highest BCUT2D eigenvalue weighted by molar-refractivity contribution is 5.94. The van der Waals surface area contributed by atoms with Gasteiger partial charge in [-0.3, -0.25) is 4.79 Å². The van der Waals surface area contributed by atoms with E-state index in [0.29, 0.717) is 6.54 Å². The Morgan fingerprint density at radius 2 is 1.60 bits per heavy atom. The molecule has 3 nitrogen and oxygen atoms in total. The van der Waals surface area contributed by atoms with Crippen LogP contribution < -0.4 is 10.2 Å². The van der Waals surface area contributed by atoms with E-state index in [9.17, 15) is 4.79 Å². The van der Waals surface area contributed by atoms with E-state index < -0.39 is 0 Å². The van der Waals surface area contributed by atoms with Gasteiger partial charge in [0, 0.05) is 12.7 Å². The first-order chi connectivity index (χ1) is 9.77. The second-order valence-corrected chi connectivity index (χ2v) is 4.70. The number of anilines is 1. The molecule has 0 saturated heterocycles. The third-order valence-corrected chi connectivity index (χ3v) is 3.23. The summed E-state index contributed by atoms with van der Waals surface area (Å²) < 4.78 is 0. The minimum Gasteiger partial charge on any atom is -0.314 e. The SMILES string of the molecule is CN(C(=O)CNCCc1ccccc1)c1ccccc1. The van der Waals surface area contributed by atoms with E-state index in [1.54, 1.807) is 11.9 Å². The first-order valence-electron chi connectivity index (χ1n) is 6.83. The van der Waals surface area contributed by atoms with Gasteiger partial charge in [-0.1, -0.05) is 48.5 Å². The van der Waals surface area contributed by atoms with Crippen LogP contribution in [0.3, 0.4) is 0 Å². The van der Waals surface area contributed by atoms with Gasteiger partial charge >= 0.3 is 0 Å². The Labute approximate surface area is 120 Å². The number of benzene rings is 2. The molecule has 0 aliphatic heterocycles. The molecule has 0 aliphatic carbocycles. The van der Waals surface area contributed by atoms with Crippen molar-refractivity contribution in [3.8, 4) is 0 Å². The van der Waals surface area contributed by atoms with Gasteiger partial charge in [0.15, 0.2) is 0 Å². The van der Waals surface area contributed by atoms with Crippen LogP contribution in [-0.4, -0.2) is 26.0 Å². The molecule has 2 aromatic carbocycles. The Morgan fingerprint density at radius 3 is 2.25 bits per heavy atom. The Kier molecular flexibility index (Phi) is 5.33. The third-order valence-electron chi connectivity index (χ3n) is 3.23. The highest BCUT2D eigenvalue weighted by atomic mass is 16.2. The number of para-hydroxylation sites is 1. The zero-order chi connectivity index (χ0) is 14.2. The highest BCUT2D eigenvalue weighted by Gasteiger charge is 2.09. The van der Waals surface area contributed by atoms with Crippen LogP contribution in [0, 0.1) is 0 Å². The summed E-state index contributed by atoms with van der Waals surface area (Å²) in [6.07, 6.45) is 0.934. The largest absolute Gasteiger partial charge is 0.314 e. The van der Waals surface area contributed by atoms with Crippen molar-refractivity contribution in [3.05, 3.63) is 66.2 Å². The predicted octanol–water partition coefficient (Wildman–Crippen LogP) is 2.48. The van der Waals surface area contributed by atoms with E-state index >= 15 is 0 Å². The van der Waals surface area contributed by atoms with Gasteiger partial charge in [-0.05, 0) is 30.7 Å². The molecule has 0 atom stereocenters. The molecule has 1 amide bonds. The first kappa shape index (κ1) is 14.3. The van der Waals surface area contributed by atoms with Crippen LogP contribution in [0.5, 0.6) is 0 Å². The lowest BCUT2D eigenvalue weighted by atomic mass is 10.1. The van der Waals surface area contributed by atoms with E-state index in [4.69, 9.17) is 0 Å². The molecule has 0 heterocycles. The molecule has 0 aliphatic rings. The van der Waals surface area contributed by atoms with Gasteiger partial charge < -0.3 is 10.2 Å². The fourth-order valence-electron chi connectivity index (χ4n) is 1.99. The van der Waals surface area contributed by atoms with Crippen LogP contribution in [0.4, 0.5) is 5.69 Å². The van der Waals surface area contributed by atoms with Crippen molar-refractivity contribution in [2.45, 2.75) is 6.42 Å². The fourth-order valence-corrected chi connectivity index (χ4v) is 1.99. The predicted molar refractivity (Wildman–Crippen MR) is 82.9 cm³/mol. The summed E-state index contributed by atoms with van der Waals surface area (Å²) in [4.78, 5) is 13.7. The molecule has 0 unspecified atom stereocenters. The van der Waals surface area contributed by atoms with Crippen molar-refractivity contribution in [1.82, 2.24) is 5.32 Å². The van der Waals surface area contributed by atoms with Gasteiger partial charge in [-0.15, -0.1) is 0 Å². The molecule has 2 aromatic rings. The number of carbonyl (C=O) groups is 1. The zero-order valence-corrected chi connectivity index (χ0v) is 11.8. The van der Waals surface area contributed by atoms with Gasteiger partial charge in [-0.25, -0.2) is 0 Å². The molecule has 0 fully saturated rings. The summed E-state index contributed by atoms with van der Waals surface area (Å²) in [5, 5.41) is 3.19. The van der Waals surface area contributed by atoms with Crippen molar-refractivity contribution in [2.75, 3.05) is 25.0 Å². The standard InChI is InChI=1S/C17H20N2O/c1-19(16-10-6-3-7-11-16)17(20)14-18-13-12-15-8-4-2-5-9-15/h2-11,18H,12-14H2,1H3. The molecule has 2 rings (SSSR count). The smallest absolute Gasteiger partial charge is 0.240 e. The molecule has 0 aromatic heterocycles. The minimum absolute atomic E-state index is 0.0734. The molecular weight excluding hydrogens is 248 g/mol. The van der Waals surface area contributed by atoms with E-state index in [1.807, 2.05) is 48.5 Å². The van der Waals surface area contributed by atoms with Gasteiger partial charge in [0.1, 0.15) is 0 Å². The monoisotopic (exact) mass is 268 g/mol. The summed E-state index contributed by atoms with van der Waals surface area (Å²) in [7, 11) is 1.80. The lowest BCUT2D eigenvalue weighted by Crippen LogP contribution is -2.36. The molecule has 3 heteroatoms. The van der Waals surface area contributed by atoms with Crippen molar-refractivity contribution in [2.24, 2.45) is 0 Å². The summed E-state index contributed by atoms with van der Waals surface area (Å²) in [6, 6.07) is 19.9. The van der Waals surface area contributed by atoms with Crippen LogP contribution in [0.25, 0.3) is 0 Å². The molecular formula is C17H20N2O. The van der Waals surface area contributed by atoms with Gasteiger partial charge in [-0.2, -0.15) is 0 Å². The minimum atomic E-state index is 0.0734. The van der Waals surface area contributed by atoms with Crippen molar-refractivity contribution >= 4 is 11.6 Å². The Bertz CT molecular complexity index is 525. The second-order valence-electron chi connectivity index (χ2n) is 4.70. The van der Waals surface area contributed by atoms with E-state index in [1.165, 1.54) is 5.56 Å². The fraction of sp³-hybridized carbons (Fsp3) is 0.235. The molecule has 1 N–H and O–H groups in total. The third kappa shape index (κ3) is 4.21. The maximum absolute atomic E-state index is 12.0. The van der Waals surface area contributed by atoms with Crippen LogP contribution in [0.1, 0.15) is 5.56 Å². The number of hydrogen-bond donors (Lipinski definition) is 1. The molecule has 0 spiro atoms. The summed E-state index contributed by atoms with van der Waals surface area (Å²) in [5.74, 6) is 0.0734. The van der Waals surface area contributed by atoms with Gasteiger partial charge in [0.2, 0.25) is 5.91 Å². The number of amides is 1. The maximum atomic E-state index is 12.0. The van der Waals surface area contributed by atoms with Gasteiger partial charge in [0.05, 0.1) is 6.54 Å². The lowest BCUT2D eigenvalue weighted by molar-refractivity contribution is -0.117. The Morgan fingerprint density at radius 1 is 1.00 bits per heavy atom. The van der Waals surface area contributed by atoms with E-state index in [-0.39, 0.29) is 5.91 Å². The van der Waals surface area contributed by atoms with Crippen LogP contribution in [0.2, 0.25) is 0 Å². The normalized spacial score (nSPS) is 10.2. The Hall–Kier alpha value is -2.13. The van der Waals surface area contributed by atoms with Gasteiger partial charge in [0.25, 0.3) is 0 Å². The quantitative estimate of drug-likeness (QED) is 0.816. The van der Waals surface area contributed by atoms with Crippen LogP contribution in [-0.2, 0) is 11.2 Å². The first-order valence-corrected chi connectivity index (χ1v) is 6.83. The average Bonchev–Trinajstić information content (AvgIpc) is 2.52. The van der Waals surface area contributed by atoms with Crippen molar-refractivity contribution < 1.29 is 4.79 Å². The van der Waals surface area contributed by atoms with Crippen molar-refractivity contribution in [3.63, 3.8) is 0 Å². The average molecular weight is 268 g/mol. The molecule has 0 radical (unpaired) electrons. The number of rotatable bonds is 6. The molecule has 0 bridgehead atoms. The number of nitrogens with zero attached hydrogens (tertiary/aromatic N) is 1. The molecule has 20 heavy (non-hydrogen) atoms. The number of likely N-dealkylation sites (N-methyl/N-ethyl adjacent to an activating group) is 1. The van der Waals surface area contributed by atoms with E-state index in [0.717, 1.165) is 18.7 Å². The maximum Gasteiger partial charge on any atom is 0.240 e. The molecule has 0 saturated carbocycles. The topological polar surface area (TPSA) is 32.3 Å². The zero-order valence-electron chi connectivity index (χ0n) is 11.8. The summed E-state index contributed by atoms with van der Waals surface area (Å²) in [6.45, 7) is 1.16. The highest BCUT2D eigenvalue weighted by Crippen LogP contribution is 2.10. The lowest BCUT2D eigenvalue weighted by Gasteiger charge is -2.17. The Balaban J connectivity index is 1.73. The molecule has 104 valence electrons. The van der Waals surface area contributed by atoms with Crippen molar-refractivity contribution in [1.29, 1.82) is 0 Å². The second kappa shape index (κ2) is 7.46. The number of carbonyl (C=O) groups excluding carboxylic acids is 1. The number of nitrogens with one attached hydrogen (secondary N) is 1. The van der Waals surface area contributed by atoms with Crippen LogP contribution in [0.15, 0.2) is 60.7 Å². The number of hydrogen-bond acceptors (Lipinski definition) is 2. The summed E-state index contributed by atoms with van der Waals surface area (Å²) >= 11 is 0. The van der Waals surface area contributed by atoms with Crippen LogP contribution >= 0.6 is 0 Å². The van der Waals surface area contributed by atoms with E-state index in [2.05, 4.69) is 17.4 Å².